The Morgan fingerprint density at radius 2 is 1.84 bits per heavy atom. The normalized spacial score (nSPS) is 12.5. The fourth-order valence-electron chi connectivity index (χ4n) is 2.28. The van der Waals surface area contributed by atoms with Gasteiger partial charge in [0.2, 0.25) is 5.82 Å². The first-order chi connectivity index (χ1) is 11.6. The highest BCUT2D eigenvalue weighted by molar-refractivity contribution is 7.92. The Morgan fingerprint density at radius 1 is 1.12 bits per heavy atom. The van der Waals surface area contributed by atoms with Crippen LogP contribution >= 0.6 is 0 Å². The minimum atomic E-state index is -4.64. The molecule has 5 nitrogen and oxygen atoms in total. The Kier molecular flexibility index (Phi) is 3.94. The van der Waals surface area contributed by atoms with Crippen LogP contribution in [0.3, 0.4) is 0 Å². The molecule has 1 aromatic heterocycles. The molecule has 0 saturated heterocycles. The van der Waals surface area contributed by atoms with Crippen molar-refractivity contribution in [2.75, 3.05) is 4.72 Å². The van der Waals surface area contributed by atoms with Crippen molar-refractivity contribution in [3.8, 4) is 0 Å². The SMILES string of the molecule is Cc1ccc(F)cc1S(=O)(=O)Nc1ccc2nc(C(F)(F)F)[nH]c2c1. The lowest BCUT2D eigenvalue weighted by Crippen LogP contribution is -2.14. The highest BCUT2D eigenvalue weighted by atomic mass is 32.2. The topological polar surface area (TPSA) is 74.8 Å². The van der Waals surface area contributed by atoms with Crippen LogP contribution in [0.15, 0.2) is 41.3 Å². The Labute approximate surface area is 139 Å². The zero-order valence-corrected chi connectivity index (χ0v) is 13.5. The number of halogens is 4. The molecule has 0 unspecified atom stereocenters. The summed E-state index contributed by atoms with van der Waals surface area (Å²) in [5.41, 5.74) is 0.408. The molecule has 3 rings (SSSR count). The quantitative estimate of drug-likeness (QED) is 0.685. The number of aromatic nitrogens is 2. The molecule has 0 aliphatic heterocycles. The first-order valence-corrected chi connectivity index (χ1v) is 8.40. The van der Waals surface area contributed by atoms with Gasteiger partial charge in [0.25, 0.3) is 10.0 Å². The molecule has 25 heavy (non-hydrogen) atoms. The summed E-state index contributed by atoms with van der Waals surface area (Å²) in [4.78, 5) is 5.23. The standard InChI is InChI=1S/C15H11F4N3O2S/c1-8-2-3-9(16)6-13(8)25(23,24)22-10-4-5-11-12(7-10)21-14(20-11)15(17,18)19/h2-7,22H,1H3,(H,20,21). The lowest BCUT2D eigenvalue weighted by Gasteiger charge is -2.10. The first kappa shape index (κ1) is 17.2. The molecule has 0 saturated carbocycles. The number of H-pyrrole nitrogens is 1. The molecule has 0 atom stereocenters. The van der Waals surface area contributed by atoms with E-state index in [0.717, 1.165) is 12.1 Å². The lowest BCUT2D eigenvalue weighted by molar-refractivity contribution is -0.144. The predicted molar refractivity (Wildman–Crippen MR) is 83.0 cm³/mol. The molecule has 10 heteroatoms. The van der Waals surface area contributed by atoms with Crippen LogP contribution in [0.2, 0.25) is 0 Å². The number of anilines is 1. The minimum Gasteiger partial charge on any atom is -0.334 e. The van der Waals surface area contributed by atoms with Crippen LogP contribution < -0.4 is 4.72 Å². The van der Waals surface area contributed by atoms with E-state index in [0.29, 0.717) is 5.56 Å². The third-order valence-electron chi connectivity index (χ3n) is 3.44. The van der Waals surface area contributed by atoms with Gasteiger partial charge in [-0.1, -0.05) is 6.07 Å². The molecule has 0 aliphatic rings. The molecule has 0 bridgehead atoms. The third-order valence-corrected chi connectivity index (χ3v) is 4.97. The summed E-state index contributed by atoms with van der Waals surface area (Å²) in [6, 6.07) is 7.02. The number of hydrogen-bond donors (Lipinski definition) is 2. The highest BCUT2D eigenvalue weighted by Gasteiger charge is 2.34. The number of benzene rings is 2. The second-order valence-corrected chi connectivity index (χ2v) is 6.98. The van der Waals surface area contributed by atoms with Crippen molar-refractivity contribution in [2.45, 2.75) is 18.0 Å². The lowest BCUT2D eigenvalue weighted by atomic mass is 10.2. The number of imidazole rings is 1. The molecule has 2 aromatic carbocycles. The van der Waals surface area contributed by atoms with Crippen LogP contribution in [0, 0.1) is 12.7 Å². The van der Waals surface area contributed by atoms with Crippen LogP contribution in [-0.2, 0) is 16.2 Å². The van der Waals surface area contributed by atoms with Gasteiger partial charge in [0.1, 0.15) is 5.82 Å². The molecule has 1 heterocycles. The Bertz CT molecular complexity index is 1060. The van der Waals surface area contributed by atoms with E-state index in [1.54, 1.807) is 0 Å². The van der Waals surface area contributed by atoms with Gasteiger partial charge in [-0.05, 0) is 42.8 Å². The summed E-state index contributed by atoms with van der Waals surface area (Å²) in [6.45, 7) is 1.50. The highest BCUT2D eigenvalue weighted by Crippen LogP contribution is 2.29. The summed E-state index contributed by atoms with van der Waals surface area (Å²) in [5, 5.41) is 0. The van der Waals surface area contributed by atoms with Gasteiger partial charge in [-0.15, -0.1) is 0 Å². The van der Waals surface area contributed by atoms with Crippen molar-refractivity contribution in [1.82, 2.24) is 9.97 Å². The summed E-state index contributed by atoms with van der Waals surface area (Å²) in [5.74, 6) is -1.90. The summed E-state index contributed by atoms with van der Waals surface area (Å²) >= 11 is 0. The summed E-state index contributed by atoms with van der Waals surface area (Å²) in [6.07, 6.45) is -4.64. The molecular formula is C15H11F4N3O2S. The summed E-state index contributed by atoms with van der Waals surface area (Å²) < 4.78 is 78.3. The number of aryl methyl sites for hydroxylation is 1. The molecule has 3 aromatic rings. The van der Waals surface area contributed by atoms with E-state index in [1.807, 2.05) is 0 Å². The van der Waals surface area contributed by atoms with Gasteiger partial charge in [0, 0.05) is 0 Å². The van der Waals surface area contributed by atoms with E-state index in [-0.39, 0.29) is 21.6 Å². The fourth-order valence-corrected chi connectivity index (χ4v) is 3.59. The maximum Gasteiger partial charge on any atom is 0.449 e. The van der Waals surface area contributed by atoms with Crippen molar-refractivity contribution >= 4 is 26.7 Å². The summed E-state index contributed by atoms with van der Waals surface area (Å²) in [7, 11) is -4.10. The number of sulfonamides is 1. The Hall–Kier alpha value is -2.62. The molecule has 0 radical (unpaired) electrons. The average molecular weight is 373 g/mol. The first-order valence-electron chi connectivity index (χ1n) is 6.92. The van der Waals surface area contributed by atoms with Crippen LogP contribution in [0.5, 0.6) is 0 Å². The maximum absolute atomic E-state index is 13.3. The Morgan fingerprint density at radius 3 is 2.52 bits per heavy atom. The maximum atomic E-state index is 13.3. The van der Waals surface area contributed by atoms with Crippen LogP contribution in [0.4, 0.5) is 23.2 Å². The number of nitrogens with one attached hydrogen (secondary N) is 2. The molecule has 0 fully saturated rings. The van der Waals surface area contributed by atoms with Gasteiger partial charge in [0.05, 0.1) is 21.6 Å². The van der Waals surface area contributed by atoms with Crippen LogP contribution in [0.1, 0.15) is 11.4 Å². The van der Waals surface area contributed by atoms with Crippen molar-refractivity contribution < 1.29 is 26.0 Å². The van der Waals surface area contributed by atoms with E-state index in [9.17, 15) is 26.0 Å². The number of aromatic amines is 1. The van der Waals surface area contributed by atoms with Gasteiger partial charge in [-0.3, -0.25) is 4.72 Å². The number of rotatable bonds is 3. The van der Waals surface area contributed by atoms with Crippen LogP contribution in [0.25, 0.3) is 11.0 Å². The number of alkyl halides is 3. The largest absolute Gasteiger partial charge is 0.449 e. The van der Waals surface area contributed by atoms with Gasteiger partial charge in [0.15, 0.2) is 0 Å². The van der Waals surface area contributed by atoms with E-state index in [1.165, 1.54) is 31.2 Å². The van der Waals surface area contributed by atoms with E-state index in [4.69, 9.17) is 0 Å². The zero-order chi connectivity index (χ0) is 18.4. The van der Waals surface area contributed by atoms with Crippen molar-refractivity contribution in [1.29, 1.82) is 0 Å². The number of hydrogen-bond acceptors (Lipinski definition) is 3. The van der Waals surface area contributed by atoms with Crippen LogP contribution in [-0.4, -0.2) is 18.4 Å². The van der Waals surface area contributed by atoms with E-state index < -0.39 is 27.8 Å². The monoisotopic (exact) mass is 373 g/mol. The smallest absolute Gasteiger partial charge is 0.334 e. The van der Waals surface area contributed by atoms with Gasteiger partial charge >= 0.3 is 6.18 Å². The van der Waals surface area contributed by atoms with Gasteiger partial charge < -0.3 is 4.98 Å². The van der Waals surface area contributed by atoms with Crippen molar-refractivity contribution in [3.05, 3.63) is 53.6 Å². The molecule has 0 spiro atoms. The second-order valence-electron chi connectivity index (χ2n) is 5.33. The number of fused-ring (bicyclic) bond motifs is 1. The third kappa shape index (κ3) is 3.43. The van der Waals surface area contributed by atoms with Gasteiger partial charge in [-0.25, -0.2) is 17.8 Å². The zero-order valence-electron chi connectivity index (χ0n) is 12.6. The molecular weight excluding hydrogens is 362 g/mol. The fraction of sp³-hybridized carbons (Fsp3) is 0.133. The molecule has 0 amide bonds. The van der Waals surface area contributed by atoms with E-state index in [2.05, 4.69) is 14.7 Å². The predicted octanol–water partition coefficient (Wildman–Crippen LogP) is 3.83. The number of nitrogens with zero attached hydrogens (tertiary/aromatic N) is 1. The van der Waals surface area contributed by atoms with Crippen molar-refractivity contribution in [2.24, 2.45) is 0 Å². The minimum absolute atomic E-state index is 0.0171. The van der Waals surface area contributed by atoms with Crippen molar-refractivity contribution in [3.63, 3.8) is 0 Å². The molecule has 132 valence electrons. The van der Waals surface area contributed by atoms with Gasteiger partial charge in [-0.2, -0.15) is 13.2 Å². The molecule has 2 N–H and O–H groups in total. The second kappa shape index (κ2) is 5.73. The Balaban J connectivity index is 1.98. The average Bonchev–Trinajstić information content (AvgIpc) is 2.92. The molecule has 0 aliphatic carbocycles. The van der Waals surface area contributed by atoms with E-state index >= 15 is 0 Å².